The van der Waals surface area contributed by atoms with Gasteiger partial charge in [-0.15, -0.1) is 0 Å². The van der Waals surface area contributed by atoms with E-state index in [-0.39, 0.29) is 23.1 Å². The van der Waals surface area contributed by atoms with E-state index in [1.807, 2.05) is 0 Å². The lowest BCUT2D eigenvalue weighted by atomic mass is 10.2. The van der Waals surface area contributed by atoms with E-state index in [0.29, 0.717) is 34.4 Å². The van der Waals surface area contributed by atoms with Crippen LogP contribution in [0.2, 0.25) is 10.0 Å². The van der Waals surface area contributed by atoms with Crippen LogP contribution in [0.1, 0.15) is 41.5 Å². The van der Waals surface area contributed by atoms with E-state index < -0.39 is 35.2 Å². The molecule has 4 amide bonds. The van der Waals surface area contributed by atoms with Crippen molar-refractivity contribution >= 4 is 58.6 Å². The molecule has 0 aliphatic heterocycles. The quantitative estimate of drug-likeness (QED) is 0.172. The van der Waals surface area contributed by atoms with Crippen LogP contribution in [-0.4, -0.2) is 48.3 Å². The summed E-state index contributed by atoms with van der Waals surface area (Å²) in [6.45, 7) is 9.75. The summed E-state index contributed by atoms with van der Waals surface area (Å²) in [5.74, 6) is 0.533. The van der Waals surface area contributed by atoms with Crippen LogP contribution in [0.25, 0.3) is 0 Å². The molecule has 0 bridgehead atoms. The first-order valence-electron chi connectivity index (χ1n) is 14.0. The number of amides is 4. The summed E-state index contributed by atoms with van der Waals surface area (Å²) < 4.78 is 22.0. The number of ether oxygens (including phenoxy) is 4. The standard InChI is InChI=1S/C32H36Cl2N4O8/c1-31(2,3)45-29(41)35-17-27(39)37-19-10-12-25(23(33)14-19)43-21-8-7-9-22(16-21)44-26-13-11-20(15-24(26)34)38-28(40)18-36-30(42)46-32(4,5)6/h7-16H,17-18H2,1-6H3,(H,35,41)(H,36,42)(H,37,39)(H,38,40). The van der Waals surface area contributed by atoms with E-state index in [0.717, 1.165) is 0 Å². The number of nitrogens with one attached hydrogen (secondary N) is 4. The van der Waals surface area contributed by atoms with Crippen molar-refractivity contribution in [2.45, 2.75) is 52.7 Å². The minimum Gasteiger partial charge on any atom is -0.456 e. The lowest BCUT2D eigenvalue weighted by Crippen LogP contribution is -2.37. The summed E-state index contributed by atoms with van der Waals surface area (Å²) in [7, 11) is 0. The van der Waals surface area contributed by atoms with E-state index in [1.54, 1.807) is 90.1 Å². The molecule has 0 aliphatic rings. The topological polar surface area (TPSA) is 153 Å². The van der Waals surface area contributed by atoms with Gasteiger partial charge in [0, 0.05) is 17.4 Å². The molecule has 0 saturated heterocycles. The van der Waals surface area contributed by atoms with Crippen molar-refractivity contribution in [3.63, 3.8) is 0 Å². The second kappa shape index (κ2) is 15.5. The Morgan fingerprint density at radius 1 is 0.609 bits per heavy atom. The zero-order valence-corrected chi connectivity index (χ0v) is 27.7. The number of carbonyl (C=O) groups is 4. The summed E-state index contributed by atoms with van der Waals surface area (Å²) >= 11 is 12.8. The molecular formula is C32H36Cl2N4O8. The molecule has 0 radical (unpaired) electrons. The van der Waals surface area contributed by atoms with E-state index in [4.69, 9.17) is 42.1 Å². The zero-order chi connectivity index (χ0) is 34.1. The molecular weight excluding hydrogens is 639 g/mol. The van der Waals surface area contributed by atoms with Crippen molar-refractivity contribution in [1.82, 2.24) is 10.6 Å². The molecule has 0 unspecified atom stereocenters. The Balaban J connectivity index is 1.54. The predicted octanol–water partition coefficient (Wildman–Crippen LogP) is 7.50. The van der Waals surface area contributed by atoms with Crippen LogP contribution in [0, 0.1) is 0 Å². The molecule has 0 saturated carbocycles. The fourth-order valence-corrected chi connectivity index (χ4v) is 3.96. The van der Waals surface area contributed by atoms with Crippen molar-refractivity contribution in [1.29, 1.82) is 0 Å². The third kappa shape index (κ3) is 12.7. The van der Waals surface area contributed by atoms with E-state index in [9.17, 15) is 19.2 Å². The van der Waals surface area contributed by atoms with Gasteiger partial charge < -0.3 is 40.2 Å². The highest BCUT2D eigenvalue weighted by atomic mass is 35.5. The lowest BCUT2D eigenvalue weighted by Gasteiger charge is -2.19. The van der Waals surface area contributed by atoms with Gasteiger partial charge in [-0.25, -0.2) is 9.59 Å². The minimum absolute atomic E-state index is 0.228. The van der Waals surface area contributed by atoms with Gasteiger partial charge in [-0.05, 0) is 90.1 Å². The van der Waals surface area contributed by atoms with Crippen molar-refractivity contribution < 1.29 is 38.1 Å². The van der Waals surface area contributed by atoms with Crippen LogP contribution in [0.15, 0.2) is 60.7 Å². The van der Waals surface area contributed by atoms with E-state index in [1.165, 1.54) is 12.1 Å². The van der Waals surface area contributed by atoms with Crippen LogP contribution < -0.4 is 30.7 Å². The third-order valence-corrected chi connectivity index (χ3v) is 5.87. The molecule has 14 heteroatoms. The molecule has 246 valence electrons. The Labute approximate surface area is 277 Å². The molecule has 46 heavy (non-hydrogen) atoms. The maximum absolute atomic E-state index is 12.2. The first-order valence-corrected chi connectivity index (χ1v) is 14.8. The van der Waals surface area contributed by atoms with Crippen LogP contribution in [0.3, 0.4) is 0 Å². The molecule has 3 aromatic rings. The molecule has 3 aromatic carbocycles. The number of hydrogen-bond acceptors (Lipinski definition) is 8. The molecule has 0 heterocycles. The van der Waals surface area contributed by atoms with Gasteiger partial charge in [-0.1, -0.05) is 29.3 Å². The fraction of sp³-hybridized carbons (Fsp3) is 0.312. The molecule has 0 spiro atoms. The van der Waals surface area contributed by atoms with Crippen LogP contribution in [0.4, 0.5) is 21.0 Å². The second-order valence-electron chi connectivity index (χ2n) is 11.8. The molecule has 0 fully saturated rings. The van der Waals surface area contributed by atoms with Gasteiger partial charge in [-0.3, -0.25) is 9.59 Å². The lowest BCUT2D eigenvalue weighted by molar-refractivity contribution is -0.116. The third-order valence-electron chi connectivity index (χ3n) is 5.28. The summed E-state index contributed by atoms with van der Waals surface area (Å²) in [4.78, 5) is 47.9. The highest BCUT2D eigenvalue weighted by Gasteiger charge is 2.18. The molecule has 12 nitrogen and oxygen atoms in total. The van der Waals surface area contributed by atoms with Gasteiger partial charge in [0.2, 0.25) is 11.8 Å². The van der Waals surface area contributed by atoms with Crippen molar-refractivity contribution in [3.8, 4) is 23.0 Å². The minimum atomic E-state index is -0.704. The second-order valence-corrected chi connectivity index (χ2v) is 12.6. The average Bonchev–Trinajstić information content (AvgIpc) is 2.92. The van der Waals surface area contributed by atoms with Crippen LogP contribution in [-0.2, 0) is 19.1 Å². The normalized spacial score (nSPS) is 11.1. The van der Waals surface area contributed by atoms with Crippen molar-refractivity contribution in [2.75, 3.05) is 23.7 Å². The summed E-state index contributed by atoms with van der Waals surface area (Å²) in [6.07, 6.45) is -1.41. The van der Waals surface area contributed by atoms with Gasteiger partial charge in [-0.2, -0.15) is 0 Å². The fourth-order valence-electron chi connectivity index (χ4n) is 3.52. The molecule has 0 atom stereocenters. The average molecular weight is 676 g/mol. The van der Waals surface area contributed by atoms with Gasteiger partial charge >= 0.3 is 12.2 Å². The first-order chi connectivity index (χ1) is 21.5. The monoisotopic (exact) mass is 674 g/mol. The number of halogens is 2. The number of rotatable bonds is 10. The number of benzene rings is 3. The zero-order valence-electron chi connectivity index (χ0n) is 26.2. The Morgan fingerprint density at radius 2 is 1.00 bits per heavy atom. The summed E-state index contributed by atoms with van der Waals surface area (Å²) in [6, 6.07) is 16.1. The molecule has 0 aromatic heterocycles. The van der Waals surface area contributed by atoms with Gasteiger partial charge in [0.15, 0.2) is 0 Å². The number of carbonyl (C=O) groups excluding carboxylic acids is 4. The Bertz CT molecular complexity index is 1470. The van der Waals surface area contributed by atoms with Gasteiger partial charge in [0.1, 0.15) is 47.3 Å². The summed E-state index contributed by atoms with van der Waals surface area (Å²) in [5.41, 5.74) is -0.557. The molecule has 0 aliphatic carbocycles. The number of anilines is 2. The number of alkyl carbamates (subject to hydrolysis) is 2. The Kier molecular flexibility index (Phi) is 12.1. The van der Waals surface area contributed by atoms with Crippen LogP contribution >= 0.6 is 23.2 Å². The van der Waals surface area contributed by atoms with Crippen LogP contribution in [0.5, 0.6) is 23.0 Å². The highest BCUT2D eigenvalue weighted by molar-refractivity contribution is 6.32. The largest absolute Gasteiger partial charge is 0.456 e. The maximum Gasteiger partial charge on any atom is 0.408 e. The predicted molar refractivity (Wildman–Crippen MR) is 175 cm³/mol. The van der Waals surface area contributed by atoms with E-state index >= 15 is 0 Å². The smallest absolute Gasteiger partial charge is 0.408 e. The Hall–Kier alpha value is -4.68. The van der Waals surface area contributed by atoms with Gasteiger partial charge in [0.05, 0.1) is 10.0 Å². The van der Waals surface area contributed by atoms with E-state index in [2.05, 4.69) is 21.3 Å². The van der Waals surface area contributed by atoms with Crippen molar-refractivity contribution in [2.24, 2.45) is 0 Å². The molecule has 4 N–H and O–H groups in total. The van der Waals surface area contributed by atoms with Gasteiger partial charge in [0.25, 0.3) is 0 Å². The highest BCUT2D eigenvalue weighted by Crippen LogP contribution is 2.36. The molecule has 3 rings (SSSR count). The Morgan fingerprint density at radius 3 is 1.35 bits per heavy atom. The SMILES string of the molecule is CC(C)(C)OC(=O)NCC(=O)Nc1ccc(Oc2cccc(Oc3ccc(NC(=O)CNC(=O)OC(C)(C)C)cc3Cl)c2)c(Cl)c1. The number of hydrogen-bond donors (Lipinski definition) is 4. The summed E-state index contributed by atoms with van der Waals surface area (Å²) in [5, 5.41) is 10.5. The maximum atomic E-state index is 12.2. The first kappa shape index (κ1) is 35.8. The van der Waals surface area contributed by atoms with Crippen molar-refractivity contribution in [3.05, 3.63) is 70.7 Å².